The zero-order valence-electron chi connectivity index (χ0n) is 21.1. The number of carbonyl (C=O) groups is 1. The van der Waals surface area contributed by atoms with E-state index >= 15 is 0 Å². The molecule has 0 amide bonds. The monoisotopic (exact) mass is 543 g/mol. The maximum atomic E-state index is 11.7. The lowest BCUT2D eigenvalue weighted by molar-refractivity contribution is -0.145. The van der Waals surface area contributed by atoms with Crippen LogP contribution in [0.5, 0.6) is 5.75 Å². The molecule has 0 aliphatic heterocycles. The highest BCUT2D eigenvalue weighted by atomic mass is 35.5. The molecular weight excluding hydrogens is 509 g/mol. The SMILES string of the molecule is CCOC(=O)COc1ccc2c(c1)C[C@H](N(Cc1ccccc1)C[C@H](O)c1cccc(Cl)c1)CCC2.Cl. The minimum Gasteiger partial charge on any atom is -0.482 e. The van der Waals surface area contributed by atoms with Crippen molar-refractivity contribution >= 4 is 30.0 Å². The van der Waals surface area contributed by atoms with Crippen LogP contribution >= 0.6 is 24.0 Å². The van der Waals surface area contributed by atoms with Crippen LogP contribution in [0.3, 0.4) is 0 Å². The van der Waals surface area contributed by atoms with E-state index < -0.39 is 6.10 Å². The van der Waals surface area contributed by atoms with Crippen molar-refractivity contribution in [1.82, 2.24) is 4.90 Å². The van der Waals surface area contributed by atoms with E-state index in [2.05, 4.69) is 41.3 Å². The Labute approximate surface area is 230 Å². The Morgan fingerprint density at radius 3 is 2.65 bits per heavy atom. The molecule has 2 atom stereocenters. The quantitative estimate of drug-likeness (QED) is 0.244. The fourth-order valence-electron chi connectivity index (χ4n) is 4.87. The van der Waals surface area contributed by atoms with Gasteiger partial charge in [-0.05, 0) is 79.1 Å². The summed E-state index contributed by atoms with van der Waals surface area (Å²) in [5.41, 5.74) is 4.58. The molecule has 3 aromatic rings. The number of esters is 1. The largest absolute Gasteiger partial charge is 0.482 e. The summed E-state index contributed by atoms with van der Waals surface area (Å²) in [6.45, 7) is 3.28. The molecular formula is C30H35Cl2NO4. The molecule has 0 heterocycles. The number of carbonyl (C=O) groups excluding carboxylic acids is 1. The van der Waals surface area contributed by atoms with E-state index in [0.29, 0.717) is 23.9 Å². The highest BCUT2D eigenvalue weighted by Crippen LogP contribution is 2.29. The molecule has 1 aliphatic rings. The van der Waals surface area contributed by atoms with E-state index in [0.717, 1.165) is 37.8 Å². The number of hydrogen-bond acceptors (Lipinski definition) is 5. The van der Waals surface area contributed by atoms with Crippen LogP contribution in [0.25, 0.3) is 0 Å². The van der Waals surface area contributed by atoms with Crippen LogP contribution in [0.15, 0.2) is 72.8 Å². The van der Waals surface area contributed by atoms with E-state index in [-0.39, 0.29) is 31.0 Å². The standard InChI is InChI=1S/C30H34ClNO4.ClH/c1-2-35-30(34)21-36-28-15-14-23-10-7-13-27(17-25(23)18-28)32(19-22-8-4-3-5-9-22)20-29(33)24-11-6-12-26(31)16-24;/h3-6,8-9,11-12,14-16,18,27,29,33H,2,7,10,13,17,19-21H2,1H3;1H/t27-,29+;/m1./s1. The maximum absolute atomic E-state index is 11.7. The van der Waals surface area contributed by atoms with E-state index in [4.69, 9.17) is 21.1 Å². The molecule has 0 saturated carbocycles. The molecule has 0 radical (unpaired) electrons. The molecule has 4 rings (SSSR count). The normalized spacial score (nSPS) is 15.7. The van der Waals surface area contributed by atoms with E-state index in [1.807, 2.05) is 36.4 Å². The minimum atomic E-state index is -0.644. The number of nitrogens with zero attached hydrogens (tertiary/aromatic N) is 1. The third-order valence-electron chi connectivity index (χ3n) is 6.66. The molecule has 7 heteroatoms. The Morgan fingerprint density at radius 1 is 1.08 bits per heavy atom. The molecule has 0 aromatic heterocycles. The maximum Gasteiger partial charge on any atom is 0.344 e. The van der Waals surface area contributed by atoms with Gasteiger partial charge in [0.15, 0.2) is 6.61 Å². The van der Waals surface area contributed by atoms with Crippen molar-refractivity contribution in [2.45, 2.75) is 51.3 Å². The molecule has 3 aromatic carbocycles. The Balaban J connectivity index is 0.00000380. The first kappa shape index (κ1) is 29.0. The minimum absolute atomic E-state index is 0. The number of rotatable bonds is 10. The van der Waals surface area contributed by atoms with Crippen LogP contribution < -0.4 is 4.74 Å². The van der Waals surface area contributed by atoms with Crippen molar-refractivity contribution in [3.05, 3.63) is 100 Å². The Bertz CT molecular complexity index is 1140. The molecule has 37 heavy (non-hydrogen) atoms. The molecule has 0 bridgehead atoms. The fraction of sp³-hybridized carbons (Fsp3) is 0.367. The van der Waals surface area contributed by atoms with Gasteiger partial charge in [-0.1, -0.05) is 60.1 Å². The summed E-state index contributed by atoms with van der Waals surface area (Å²) in [7, 11) is 0. The number of fused-ring (bicyclic) bond motifs is 1. The van der Waals surface area contributed by atoms with Gasteiger partial charge in [0.1, 0.15) is 5.75 Å². The van der Waals surface area contributed by atoms with Gasteiger partial charge in [0.2, 0.25) is 0 Å². The Morgan fingerprint density at radius 2 is 1.89 bits per heavy atom. The van der Waals surface area contributed by atoms with E-state index in [1.165, 1.54) is 16.7 Å². The molecule has 0 fully saturated rings. The number of aliphatic hydroxyl groups excluding tert-OH is 1. The second kappa shape index (κ2) is 14.4. The summed E-state index contributed by atoms with van der Waals surface area (Å²) >= 11 is 6.19. The third kappa shape index (κ3) is 8.47. The summed E-state index contributed by atoms with van der Waals surface area (Å²) < 4.78 is 10.7. The lowest BCUT2D eigenvalue weighted by Crippen LogP contribution is -2.39. The lowest BCUT2D eigenvalue weighted by atomic mass is 9.99. The van der Waals surface area contributed by atoms with E-state index in [1.54, 1.807) is 6.92 Å². The predicted octanol–water partition coefficient (Wildman–Crippen LogP) is 6.19. The smallest absolute Gasteiger partial charge is 0.344 e. The highest BCUT2D eigenvalue weighted by molar-refractivity contribution is 6.30. The zero-order valence-corrected chi connectivity index (χ0v) is 22.7. The van der Waals surface area contributed by atoms with Gasteiger partial charge < -0.3 is 14.6 Å². The second-order valence-electron chi connectivity index (χ2n) is 9.26. The highest BCUT2D eigenvalue weighted by Gasteiger charge is 2.26. The summed E-state index contributed by atoms with van der Waals surface area (Å²) in [4.78, 5) is 14.1. The number of ether oxygens (including phenoxy) is 2. The molecule has 5 nitrogen and oxygen atoms in total. The number of aliphatic hydroxyl groups is 1. The van der Waals surface area contributed by atoms with Crippen molar-refractivity contribution in [3.8, 4) is 5.75 Å². The topological polar surface area (TPSA) is 59.0 Å². The van der Waals surface area contributed by atoms with Gasteiger partial charge in [0, 0.05) is 24.2 Å². The predicted molar refractivity (Wildman–Crippen MR) is 150 cm³/mol. The van der Waals surface area contributed by atoms with Gasteiger partial charge in [-0.3, -0.25) is 4.90 Å². The number of halogens is 2. The zero-order chi connectivity index (χ0) is 25.3. The van der Waals surface area contributed by atoms with Crippen LogP contribution in [0.2, 0.25) is 5.02 Å². The van der Waals surface area contributed by atoms with Crippen molar-refractivity contribution in [1.29, 1.82) is 0 Å². The molecule has 1 N–H and O–H groups in total. The van der Waals surface area contributed by atoms with Crippen LogP contribution in [0, 0.1) is 0 Å². The molecule has 198 valence electrons. The van der Waals surface area contributed by atoms with Gasteiger partial charge in [0.05, 0.1) is 12.7 Å². The molecule has 0 unspecified atom stereocenters. The second-order valence-corrected chi connectivity index (χ2v) is 9.70. The van der Waals surface area contributed by atoms with Gasteiger partial charge in [-0.2, -0.15) is 0 Å². The van der Waals surface area contributed by atoms with Gasteiger partial charge in [0.25, 0.3) is 0 Å². The first-order chi connectivity index (χ1) is 17.5. The number of aryl methyl sites for hydroxylation is 1. The fourth-order valence-corrected chi connectivity index (χ4v) is 5.07. The van der Waals surface area contributed by atoms with Crippen molar-refractivity contribution in [2.24, 2.45) is 0 Å². The van der Waals surface area contributed by atoms with Gasteiger partial charge in [-0.15, -0.1) is 12.4 Å². The lowest BCUT2D eigenvalue weighted by Gasteiger charge is -2.33. The summed E-state index contributed by atoms with van der Waals surface area (Å²) in [5, 5.41) is 11.8. The first-order valence-electron chi connectivity index (χ1n) is 12.6. The number of benzene rings is 3. The van der Waals surface area contributed by atoms with Gasteiger partial charge in [-0.25, -0.2) is 4.79 Å². The number of hydrogen-bond donors (Lipinski definition) is 1. The molecule has 0 saturated heterocycles. The van der Waals surface area contributed by atoms with Crippen molar-refractivity contribution in [3.63, 3.8) is 0 Å². The van der Waals surface area contributed by atoms with Crippen molar-refractivity contribution in [2.75, 3.05) is 19.8 Å². The average Bonchev–Trinajstić information content (AvgIpc) is 3.10. The van der Waals surface area contributed by atoms with Gasteiger partial charge >= 0.3 is 5.97 Å². The van der Waals surface area contributed by atoms with Crippen LogP contribution in [0.4, 0.5) is 0 Å². The average molecular weight is 545 g/mol. The first-order valence-corrected chi connectivity index (χ1v) is 13.0. The summed E-state index contributed by atoms with van der Waals surface area (Å²) in [6.07, 6.45) is 3.30. The summed E-state index contributed by atoms with van der Waals surface area (Å²) in [5.74, 6) is 0.311. The van der Waals surface area contributed by atoms with E-state index in [9.17, 15) is 9.90 Å². The van der Waals surface area contributed by atoms with Crippen LogP contribution in [0.1, 0.15) is 48.1 Å². The molecule has 1 aliphatic carbocycles. The van der Waals surface area contributed by atoms with Crippen LogP contribution in [-0.2, 0) is 28.9 Å². The summed E-state index contributed by atoms with van der Waals surface area (Å²) in [6, 6.07) is 24.2. The third-order valence-corrected chi connectivity index (χ3v) is 6.90. The van der Waals surface area contributed by atoms with Crippen molar-refractivity contribution < 1.29 is 19.4 Å². The Kier molecular flexibility index (Phi) is 11.3. The Hall–Kier alpha value is -2.57. The van der Waals surface area contributed by atoms with Crippen LogP contribution in [-0.4, -0.2) is 41.8 Å². The molecule has 0 spiro atoms.